The van der Waals surface area contributed by atoms with E-state index in [1.54, 1.807) is 17.0 Å². The molecule has 0 amide bonds. The number of hydrogen-bond donors (Lipinski definition) is 2. The molecule has 36 heavy (non-hydrogen) atoms. The zero-order valence-electron chi connectivity index (χ0n) is 18.9. The molecule has 1 aromatic heterocycles. The summed E-state index contributed by atoms with van der Waals surface area (Å²) in [7, 11) is -4.07. The molecule has 0 bridgehead atoms. The molecule has 13 heteroatoms. The topological polar surface area (TPSA) is 113 Å². The number of β-amino-alcohol motifs (C(OH)–C–C–N with tert-alkyl or cyclic N) is 1. The Morgan fingerprint density at radius 3 is 2.47 bits per heavy atom. The van der Waals surface area contributed by atoms with E-state index in [2.05, 4.69) is 9.97 Å². The molecule has 0 radical (unpaired) electrons. The second-order valence-corrected chi connectivity index (χ2v) is 9.85. The maximum Gasteiger partial charge on any atom is 0.451 e. The normalized spacial score (nSPS) is 17.4. The summed E-state index contributed by atoms with van der Waals surface area (Å²) in [4.78, 5) is 10.7. The van der Waals surface area contributed by atoms with Crippen LogP contribution in [0.3, 0.4) is 0 Å². The van der Waals surface area contributed by atoms with Crippen LogP contribution in [0.15, 0.2) is 59.6 Å². The van der Waals surface area contributed by atoms with E-state index in [-0.39, 0.29) is 35.0 Å². The minimum Gasteiger partial charge on any atom is -0.395 e. The number of benzene rings is 2. The fourth-order valence-corrected chi connectivity index (χ4v) is 4.74. The number of anilines is 1. The lowest BCUT2D eigenvalue weighted by Gasteiger charge is -2.43. The van der Waals surface area contributed by atoms with Gasteiger partial charge in [-0.3, -0.25) is 4.90 Å². The van der Waals surface area contributed by atoms with Gasteiger partial charge in [-0.1, -0.05) is 24.3 Å². The standard InChI is InChI=1S/C23H23F4N5O3S/c24-17-6-4-15(5-7-17)20-14-31(10-11-33)8-9-32(20)21-19(13-29-22(30-21)23(25,26)27)16-2-1-3-18(12-16)36(28,34)35/h1-7,12-13,20,33H,8-11,14H2,(H2,28,34,35). The van der Waals surface area contributed by atoms with Crippen LogP contribution in [0.1, 0.15) is 17.4 Å². The van der Waals surface area contributed by atoms with Gasteiger partial charge in [0.25, 0.3) is 0 Å². The molecule has 1 aliphatic rings. The monoisotopic (exact) mass is 525 g/mol. The number of nitrogens with two attached hydrogens (primary N) is 1. The van der Waals surface area contributed by atoms with Gasteiger partial charge in [0.15, 0.2) is 0 Å². The highest BCUT2D eigenvalue weighted by atomic mass is 32.2. The van der Waals surface area contributed by atoms with Crippen molar-refractivity contribution in [2.45, 2.75) is 17.1 Å². The Hall–Kier alpha value is -3.13. The summed E-state index contributed by atoms with van der Waals surface area (Å²) >= 11 is 0. The number of halogens is 4. The first kappa shape index (κ1) is 25.9. The molecule has 0 spiro atoms. The molecule has 1 aliphatic heterocycles. The molecule has 1 unspecified atom stereocenters. The van der Waals surface area contributed by atoms with Gasteiger partial charge in [0, 0.05) is 37.9 Å². The van der Waals surface area contributed by atoms with Crippen molar-refractivity contribution in [1.82, 2.24) is 14.9 Å². The lowest BCUT2D eigenvalue weighted by Crippen LogP contribution is -2.49. The summed E-state index contributed by atoms with van der Waals surface area (Å²) < 4.78 is 78.2. The minimum atomic E-state index is -4.82. The number of piperazine rings is 1. The number of sulfonamides is 1. The van der Waals surface area contributed by atoms with E-state index < -0.39 is 33.9 Å². The Labute approximate surface area is 205 Å². The third-order valence-electron chi connectivity index (χ3n) is 5.90. The lowest BCUT2D eigenvalue weighted by atomic mass is 10.00. The van der Waals surface area contributed by atoms with E-state index in [4.69, 9.17) is 5.14 Å². The van der Waals surface area contributed by atoms with Gasteiger partial charge in [0.05, 0.1) is 17.5 Å². The molecule has 0 aliphatic carbocycles. The number of hydrogen-bond acceptors (Lipinski definition) is 7. The maximum atomic E-state index is 13.6. The number of primary sulfonamides is 1. The molecule has 4 rings (SSSR count). The quantitative estimate of drug-likeness (QED) is 0.476. The highest BCUT2D eigenvalue weighted by molar-refractivity contribution is 7.89. The van der Waals surface area contributed by atoms with Crippen LogP contribution in [0.25, 0.3) is 11.1 Å². The van der Waals surface area contributed by atoms with Crippen LogP contribution in [-0.4, -0.2) is 61.2 Å². The fraction of sp³-hybridized carbons (Fsp3) is 0.304. The maximum absolute atomic E-state index is 13.6. The molecule has 1 fully saturated rings. The fourth-order valence-electron chi connectivity index (χ4n) is 4.18. The SMILES string of the molecule is NS(=O)(=O)c1cccc(-c2cnc(C(F)(F)F)nc2N2CCN(CCO)CC2c2ccc(F)cc2)c1. The summed E-state index contributed by atoms with van der Waals surface area (Å²) in [5.41, 5.74) is 1.08. The summed E-state index contributed by atoms with van der Waals surface area (Å²) in [5.74, 6) is -1.86. The van der Waals surface area contributed by atoms with Crippen LogP contribution in [0.5, 0.6) is 0 Å². The van der Waals surface area contributed by atoms with Crippen molar-refractivity contribution in [2.75, 3.05) is 37.7 Å². The van der Waals surface area contributed by atoms with Crippen LogP contribution in [-0.2, 0) is 16.2 Å². The highest BCUT2D eigenvalue weighted by Crippen LogP contribution is 2.38. The molecule has 2 aromatic carbocycles. The second-order valence-electron chi connectivity index (χ2n) is 8.29. The Bertz CT molecular complexity index is 1340. The Morgan fingerprint density at radius 1 is 1.11 bits per heavy atom. The van der Waals surface area contributed by atoms with Crippen molar-refractivity contribution in [3.63, 3.8) is 0 Å². The first-order valence-electron chi connectivity index (χ1n) is 10.9. The second kappa shape index (κ2) is 10.1. The van der Waals surface area contributed by atoms with Gasteiger partial charge >= 0.3 is 6.18 Å². The van der Waals surface area contributed by atoms with E-state index in [9.17, 15) is 31.1 Å². The molecule has 3 aromatic rings. The average molecular weight is 526 g/mol. The van der Waals surface area contributed by atoms with E-state index in [1.165, 1.54) is 36.4 Å². The van der Waals surface area contributed by atoms with Crippen molar-refractivity contribution in [3.8, 4) is 11.1 Å². The zero-order chi connectivity index (χ0) is 26.1. The van der Waals surface area contributed by atoms with Gasteiger partial charge in [-0.05, 0) is 35.4 Å². The Morgan fingerprint density at radius 2 is 1.83 bits per heavy atom. The molecular formula is C23H23F4N5O3S. The first-order chi connectivity index (χ1) is 17.0. The number of aliphatic hydroxyl groups is 1. The van der Waals surface area contributed by atoms with Gasteiger partial charge in [-0.25, -0.2) is 27.9 Å². The third kappa shape index (κ3) is 5.64. The van der Waals surface area contributed by atoms with Gasteiger partial charge < -0.3 is 10.0 Å². The summed E-state index contributed by atoms with van der Waals surface area (Å²) in [6.07, 6.45) is -3.81. The predicted molar refractivity (Wildman–Crippen MR) is 124 cm³/mol. The Balaban J connectivity index is 1.88. The largest absolute Gasteiger partial charge is 0.451 e. The van der Waals surface area contributed by atoms with Gasteiger partial charge in [-0.2, -0.15) is 13.2 Å². The van der Waals surface area contributed by atoms with Gasteiger partial charge in [-0.15, -0.1) is 0 Å². The third-order valence-corrected chi connectivity index (χ3v) is 6.81. The minimum absolute atomic E-state index is 0.0538. The van der Waals surface area contributed by atoms with Crippen molar-refractivity contribution in [1.29, 1.82) is 0 Å². The lowest BCUT2D eigenvalue weighted by molar-refractivity contribution is -0.144. The molecule has 192 valence electrons. The number of nitrogens with zero attached hydrogens (tertiary/aromatic N) is 4. The van der Waals surface area contributed by atoms with Crippen LogP contribution in [0.4, 0.5) is 23.4 Å². The summed E-state index contributed by atoms with van der Waals surface area (Å²) in [6.45, 7) is 1.23. The molecule has 1 saturated heterocycles. The van der Waals surface area contributed by atoms with Crippen LogP contribution < -0.4 is 10.0 Å². The van der Waals surface area contributed by atoms with Gasteiger partial charge in [0.2, 0.25) is 15.8 Å². The van der Waals surface area contributed by atoms with Crippen molar-refractivity contribution >= 4 is 15.8 Å². The molecule has 3 N–H and O–H groups in total. The van der Waals surface area contributed by atoms with Crippen LogP contribution in [0.2, 0.25) is 0 Å². The van der Waals surface area contributed by atoms with E-state index in [0.29, 0.717) is 25.2 Å². The highest BCUT2D eigenvalue weighted by Gasteiger charge is 2.38. The number of rotatable bonds is 6. The molecule has 8 nitrogen and oxygen atoms in total. The van der Waals surface area contributed by atoms with Crippen molar-refractivity contribution in [2.24, 2.45) is 5.14 Å². The van der Waals surface area contributed by atoms with Gasteiger partial charge in [0.1, 0.15) is 11.6 Å². The van der Waals surface area contributed by atoms with E-state index in [1.807, 2.05) is 4.90 Å². The zero-order valence-corrected chi connectivity index (χ0v) is 19.7. The van der Waals surface area contributed by atoms with Crippen LogP contribution in [0, 0.1) is 5.82 Å². The summed E-state index contributed by atoms with van der Waals surface area (Å²) in [6, 6.07) is 10.5. The number of alkyl halides is 3. The Kier molecular flexibility index (Phi) is 7.27. The molecule has 0 saturated carbocycles. The molecule has 1 atom stereocenters. The van der Waals surface area contributed by atoms with Crippen molar-refractivity contribution < 1.29 is 31.1 Å². The average Bonchev–Trinajstić information content (AvgIpc) is 2.83. The predicted octanol–water partition coefficient (Wildman–Crippen LogP) is 2.80. The number of aromatic nitrogens is 2. The van der Waals surface area contributed by atoms with E-state index in [0.717, 1.165) is 6.20 Å². The smallest absolute Gasteiger partial charge is 0.395 e. The molecular weight excluding hydrogens is 502 g/mol. The van der Waals surface area contributed by atoms with Crippen molar-refractivity contribution in [3.05, 3.63) is 71.9 Å². The van der Waals surface area contributed by atoms with E-state index >= 15 is 0 Å². The van der Waals surface area contributed by atoms with Crippen LogP contribution >= 0.6 is 0 Å². The summed E-state index contributed by atoms with van der Waals surface area (Å²) in [5, 5.41) is 14.6. The molecule has 2 heterocycles. The first-order valence-corrected chi connectivity index (χ1v) is 12.4. The number of aliphatic hydroxyl groups excluding tert-OH is 1.